The maximum absolute atomic E-state index is 12.7. The van der Waals surface area contributed by atoms with E-state index in [-0.39, 0.29) is 11.8 Å². The van der Waals surface area contributed by atoms with E-state index >= 15 is 0 Å². The fourth-order valence-corrected chi connectivity index (χ4v) is 5.59. The maximum atomic E-state index is 12.7. The molecule has 6 rings (SSSR count). The number of imidazole rings is 1. The second-order valence-electron chi connectivity index (χ2n) is 9.63. The van der Waals surface area contributed by atoms with Crippen molar-refractivity contribution in [3.05, 3.63) is 47.7 Å². The van der Waals surface area contributed by atoms with Crippen LogP contribution < -0.4 is 4.90 Å². The molecule has 4 aromatic rings. The lowest BCUT2D eigenvalue weighted by Crippen LogP contribution is -2.40. The van der Waals surface area contributed by atoms with Gasteiger partial charge in [-0.2, -0.15) is 4.98 Å². The number of nitrogens with zero attached hydrogens (tertiary/aromatic N) is 7. The Morgan fingerprint density at radius 2 is 1.81 bits per heavy atom. The van der Waals surface area contributed by atoms with Crippen LogP contribution in [0.2, 0.25) is 0 Å². The minimum Gasteiger partial charge on any atom is -0.378 e. The highest BCUT2D eigenvalue weighted by atomic mass is 32.1. The van der Waals surface area contributed by atoms with Crippen molar-refractivity contribution in [2.75, 3.05) is 44.3 Å². The molecule has 0 spiro atoms. The predicted molar refractivity (Wildman–Crippen MR) is 136 cm³/mol. The average molecular weight is 508 g/mol. The summed E-state index contributed by atoms with van der Waals surface area (Å²) in [5.74, 6) is 2.16. The van der Waals surface area contributed by atoms with Crippen LogP contribution in [0.3, 0.4) is 0 Å². The van der Waals surface area contributed by atoms with Crippen molar-refractivity contribution in [1.82, 2.24) is 29.6 Å². The lowest BCUT2D eigenvalue weighted by molar-refractivity contribution is 0.0303. The molecule has 11 heteroatoms. The molecular weight excluding hydrogens is 478 g/mol. The minimum atomic E-state index is 0.0465. The zero-order valence-electron chi connectivity index (χ0n) is 20.5. The molecule has 3 aromatic heterocycles. The molecule has 0 saturated carbocycles. The molecule has 10 nitrogen and oxygen atoms in total. The molecule has 1 aromatic carbocycles. The Bertz CT molecular complexity index is 1310. The van der Waals surface area contributed by atoms with Crippen LogP contribution in [0.25, 0.3) is 16.2 Å². The molecule has 5 heterocycles. The van der Waals surface area contributed by atoms with Crippen molar-refractivity contribution in [2.45, 2.75) is 38.5 Å². The highest BCUT2D eigenvalue weighted by Gasteiger charge is 2.27. The summed E-state index contributed by atoms with van der Waals surface area (Å²) in [7, 11) is 0. The zero-order chi connectivity index (χ0) is 24.6. The smallest absolute Gasteiger partial charge is 0.254 e. The van der Waals surface area contributed by atoms with Gasteiger partial charge in [-0.25, -0.2) is 9.50 Å². The summed E-state index contributed by atoms with van der Waals surface area (Å²) in [6, 6.07) is 7.65. The molecule has 2 aliphatic rings. The molecule has 0 radical (unpaired) electrons. The molecule has 36 heavy (non-hydrogen) atoms. The van der Waals surface area contributed by atoms with E-state index in [1.54, 1.807) is 11.3 Å². The lowest BCUT2D eigenvalue weighted by atomic mass is 9.97. The summed E-state index contributed by atoms with van der Waals surface area (Å²) < 4.78 is 12.7. The van der Waals surface area contributed by atoms with Gasteiger partial charge in [-0.05, 0) is 25.0 Å². The summed E-state index contributed by atoms with van der Waals surface area (Å²) >= 11 is 1.59. The van der Waals surface area contributed by atoms with Gasteiger partial charge in [-0.3, -0.25) is 4.79 Å². The van der Waals surface area contributed by atoms with E-state index in [1.165, 1.54) is 0 Å². The number of hydrogen-bond donors (Lipinski definition) is 0. The number of carbonyl (C=O) groups excluding carboxylic acids is 1. The number of amides is 1. The number of fused-ring (bicyclic) bond motifs is 1. The van der Waals surface area contributed by atoms with Gasteiger partial charge in [0.15, 0.2) is 5.82 Å². The molecule has 2 fully saturated rings. The molecular formula is C25H29N7O3S. The number of carbonyl (C=O) groups is 1. The number of morpholine rings is 1. The van der Waals surface area contributed by atoms with Crippen LogP contribution in [-0.2, 0) is 4.74 Å². The first-order chi connectivity index (χ1) is 17.5. The average Bonchev–Trinajstić information content (AvgIpc) is 3.65. The van der Waals surface area contributed by atoms with Crippen molar-refractivity contribution in [1.29, 1.82) is 0 Å². The lowest BCUT2D eigenvalue weighted by Gasteiger charge is -2.29. The van der Waals surface area contributed by atoms with E-state index in [0.29, 0.717) is 37.8 Å². The topological polar surface area (TPSA) is 102 Å². The van der Waals surface area contributed by atoms with Gasteiger partial charge >= 0.3 is 0 Å². The third-order valence-corrected chi connectivity index (χ3v) is 7.83. The molecule has 1 amide bonds. The summed E-state index contributed by atoms with van der Waals surface area (Å²) in [5, 5.41) is 9.88. The second kappa shape index (κ2) is 9.62. The van der Waals surface area contributed by atoms with E-state index < -0.39 is 0 Å². The Morgan fingerprint density at radius 1 is 1.06 bits per heavy atom. The zero-order valence-corrected chi connectivity index (χ0v) is 21.3. The third kappa shape index (κ3) is 4.48. The van der Waals surface area contributed by atoms with Crippen LogP contribution >= 0.6 is 11.3 Å². The molecule has 2 saturated heterocycles. The van der Waals surface area contributed by atoms with Crippen LogP contribution in [0.1, 0.15) is 60.6 Å². The standard InChI is InChI=1S/C25H29N7O3S/c1-16(2)21-27-22(35-29-21)18-7-9-31(10-8-18)25-28-32-15-20(26-24(32)36-25)17-3-5-19(6-4-17)23(33)30-11-13-34-14-12-30/h3-6,15-16,18H,7-14H2,1-2H3. The van der Waals surface area contributed by atoms with E-state index in [2.05, 4.69) is 28.9 Å². The summed E-state index contributed by atoms with van der Waals surface area (Å²) in [5.41, 5.74) is 2.50. The normalized spacial score (nSPS) is 17.4. The first kappa shape index (κ1) is 23.1. The third-order valence-electron chi connectivity index (χ3n) is 6.85. The largest absolute Gasteiger partial charge is 0.378 e. The van der Waals surface area contributed by atoms with E-state index in [1.807, 2.05) is 39.9 Å². The molecule has 0 atom stereocenters. The number of benzene rings is 1. The first-order valence-electron chi connectivity index (χ1n) is 12.5. The summed E-state index contributed by atoms with van der Waals surface area (Å²) in [6.45, 7) is 8.41. The highest BCUT2D eigenvalue weighted by Crippen LogP contribution is 2.33. The van der Waals surface area contributed by atoms with Crippen molar-refractivity contribution in [3.63, 3.8) is 0 Å². The number of aromatic nitrogens is 5. The van der Waals surface area contributed by atoms with E-state index in [9.17, 15) is 4.79 Å². The van der Waals surface area contributed by atoms with Crippen molar-refractivity contribution < 1.29 is 14.1 Å². The van der Waals surface area contributed by atoms with Crippen LogP contribution in [0.4, 0.5) is 5.13 Å². The van der Waals surface area contributed by atoms with Crippen LogP contribution in [0.15, 0.2) is 35.0 Å². The summed E-state index contributed by atoms with van der Waals surface area (Å²) in [4.78, 5) is 27.1. The number of piperidine rings is 1. The van der Waals surface area contributed by atoms with Gasteiger partial charge in [-0.15, -0.1) is 5.10 Å². The monoisotopic (exact) mass is 507 g/mol. The first-order valence-corrected chi connectivity index (χ1v) is 13.3. The summed E-state index contributed by atoms with van der Waals surface area (Å²) in [6.07, 6.45) is 3.87. The molecule has 0 bridgehead atoms. The molecule has 0 aliphatic carbocycles. The Kier molecular flexibility index (Phi) is 6.18. The van der Waals surface area contributed by atoms with Gasteiger partial charge < -0.3 is 19.1 Å². The van der Waals surface area contributed by atoms with Gasteiger partial charge in [0.05, 0.1) is 25.1 Å². The quantitative estimate of drug-likeness (QED) is 0.402. The molecule has 0 unspecified atom stereocenters. The van der Waals surface area contributed by atoms with Gasteiger partial charge in [0, 0.05) is 49.1 Å². The van der Waals surface area contributed by atoms with Gasteiger partial charge in [0.2, 0.25) is 16.0 Å². The highest BCUT2D eigenvalue weighted by molar-refractivity contribution is 7.20. The van der Waals surface area contributed by atoms with Crippen LogP contribution in [-0.4, -0.2) is 74.9 Å². The molecule has 0 N–H and O–H groups in total. The van der Waals surface area contributed by atoms with Gasteiger partial charge in [0.25, 0.3) is 5.91 Å². The van der Waals surface area contributed by atoms with Crippen LogP contribution in [0, 0.1) is 0 Å². The Balaban J connectivity index is 1.10. The number of rotatable bonds is 5. The Labute approximate surface area is 212 Å². The number of hydrogen-bond acceptors (Lipinski definition) is 9. The SMILES string of the molecule is CC(C)c1noc(C2CCN(c3nn4cc(-c5ccc(C(=O)N6CCOCC6)cc5)nc4s3)CC2)n1. The predicted octanol–water partition coefficient (Wildman–Crippen LogP) is 3.82. The van der Waals surface area contributed by atoms with Crippen molar-refractivity contribution in [3.8, 4) is 11.3 Å². The van der Waals surface area contributed by atoms with E-state index in [0.717, 1.165) is 59.0 Å². The maximum Gasteiger partial charge on any atom is 0.254 e. The van der Waals surface area contributed by atoms with E-state index in [4.69, 9.17) is 19.3 Å². The Hall–Kier alpha value is -3.31. The number of ether oxygens (including phenoxy) is 1. The molecule has 2 aliphatic heterocycles. The minimum absolute atomic E-state index is 0.0465. The van der Waals surface area contributed by atoms with Gasteiger partial charge in [0.1, 0.15) is 0 Å². The Morgan fingerprint density at radius 3 is 2.47 bits per heavy atom. The van der Waals surface area contributed by atoms with Crippen molar-refractivity contribution >= 4 is 27.3 Å². The van der Waals surface area contributed by atoms with Gasteiger partial charge in [-0.1, -0.05) is 42.5 Å². The van der Waals surface area contributed by atoms with Crippen molar-refractivity contribution in [2.24, 2.45) is 0 Å². The second-order valence-corrected chi connectivity index (χ2v) is 10.6. The fraction of sp³-hybridized carbons (Fsp3) is 0.480. The number of anilines is 1. The molecule has 188 valence electrons. The van der Waals surface area contributed by atoms with Crippen LogP contribution in [0.5, 0.6) is 0 Å². The fourth-order valence-electron chi connectivity index (χ4n) is 4.65.